The Balaban J connectivity index is 2.08. The van der Waals surface area contributed by atoms with Crippen LogP contribution in [0.2, 0.25) is 0 Å². The summed E-state index contributed by atoms with van der Waals surface area (Å²) in [6, 6.07) is 0. The lowest BCUT2D eigenvalue weighted by atomic mass is 10.1. The first kappa shape index (κ1) is 22.8. The number of ether oxygens (including phenoxy) is 3. The highest BCUT2D eigenvalue weighted by Crippen LogP contribution is 2.27. The van der Waals surface area contributed by atoms with Crippen LogP contribution in [0.15, 0.2) is 0 Å². The minimum atomic E-state index is -1.14. The quantitative estimate of drug-likeness (QED) is 0.388. The number of aliphatic hydroxyl groups is 3. The van der Waals surface area contributed by atoms with Crippen molar-refractivity contribution < 1.29 is 29.5 Å². The Kier molecular flexibility index (Phi) is 12.7. The van der Waals surface area contributed by atoms with Gasteiger partial charge in [-0.1, -0.05) is 64.7 Å². The van der Waals surface area contributed by atoms with E-state index < -0.39 is 37.3 Å². The van der Waals surface area contributed by atoms with Crippen LogP contribution in [0.3, 0.4) is 0 Å². The van der Waals surface area contributed by atoms with E-state index in [1.165, 1.54) is 58.5 Å². The summed E-state index contributed by atoms with van der Waals surface area (Å²) in [6.45, 7) is 2.30. The van der Waals surface area contributed by atoms with Crippen molar-refractivity contribution in [2.45, 2.75) is 102 Å². The highest BCUT2D eigenvalue weighted by molar-refractivity contribution is 4.91. The number of aliphatic hydroxyl groups excluding tert-OH is 3. The smallest absolute Gasteiger partial charge is 0.186 e. The van der Waals surface area contributed by atoms with E-state index in [9.17, 15) is 10.2 Å². The lowest BCUT2D eigenvalue weighted by Crippen LogP contribution is -2.41. The molecule has 0 spiro atoms. The molecule has 0 aliphatic carbocycles. The van der Waals surface area contributed by atoms with Crippen LogP contribution >= 0.6 is 0 Å². The molecule has 1 aliphatic heterocycles. The molecule has 0 amide bonds. The summed E-state index contributed by atoms with van der Waals surface area (Å²) in [5, 5.41) is 28.9. The molecule has 1 rings (SSSR count). The van der Waals surface area contributed by atoms with E-state index in [1.807, 2.05) is 0 Å². The molecule has 0 aromatic heterocycles. The van der Waals surface area contributed by atoms with Gasteiger partial charge in [-0.25, -0.2) is 0 Å². The van der Waals surface area contributed by atoms with Gasteiger partial charge < -0.3 is 29.5 Å². The molecule has 25 heavy (non-hydrogen) atoms. The third-order valence-corrected chi connectivity index (χ3v) is 4.84. The number of hydrogen-bond acceptors (Lipinski definition) is 6. The zero-order valence-electron chi connectivity index (χ0n) is 15.9. The Morgan fingerprint density at radius 1 is 0.960 bits per heavy atom. The number of hydrogen-bond donors (Lipinski definition) is 3. The monoisotopic (exact) mass is 362 g/mol. The molecule has 6 nitrogen and oxygen atoms in total. The van der Waals surface area contributed by atoms with E-state index in [2.05, 4.69) is 6.92 Å². The Morgan fingerprint density at radius 2 is 1.52 bits per heavy atom. The lowest BCUT2D eigenvalue weighted by molar-refractivity contribution is -0.175. The van der Waals surface area contributed by atoms with Gasteiger partial charge in [0.25, 0.3) is 0 Å². The number of methoxy groups -OCH3 is 1. The van der Waals surface area contributed by atoms with E-state index in [0.29, 0.717) is 6.61 Å². The predicted octanol–water partition coefficient (Wildman–Crippen LogP) is 2.38. The highest BCUT2D eigenvalue weighted by Gasteiger charge is 2.47. The van der Waals surface area contributed by atoms with Gasteiger partial charge in [-0.2, -0.15) is 0 Å². The van der Waals surface area contributed by atoms with Crippen molar-refractivity contribution in [3.63, 3.8) is 0 Å². The Hall–Kier alpha value is -0.240. The van der Waals surface area contributed by atoms with Crippen LogP contribution in [-0.4, -0.2) is 66.3 Å². The van der Waals surface area contributed by atoms with Crippen molar-refractivity contribution in [3.8, 4) is 0 Å². The molecule has 0 radical (unpaired) electrons. The van der Waals surface area contributed by atoms with Crippen molar-refractivity contribution in [3.05, 3.63) is 0 Å². The molecule has 0 saturated carbocycles. The van der Waals surface area contributed by atoms with Gasteiger partial charge >= 0.3 is 0 Å². The van der Waals surface area contributed by atoms with E-state index in [-0.39, 0.29) is 0 Å². The lowest BCUT2D eigenvalue weighted by Gasteiger charge is -2.20. The Bertz CT molecular complexity index is 314. The summed E-state index contributed by atoms with van der Waals surface area (Å²) in [7, 11) is 1.47. The first-order chi connectivity index (χ1) is 12.2. The third-order valence-electron chi connectivity index (χ3n) is 4.84. The molecule has 6 heteroatoms. The van der Waals surface area contributed by atoms with Crippen molar-refractivity contribution >= 4 is 0 Å². The average Bonchev–Trinajstić information content (AvgIpc) is 2.95. The second-order valence-electron chi connectivity index (χ2n) is 6.96. The number of rotatable bonds is 15. The van der Waals surface area contributed by atoms with Gasteiger partial charge in [0.1, 0.15) is 24.4 Å². The van der Waals surface area contributed by atoms with E-state index >= 15 is 0 Å². The molecule has 1 aliphatic rings. The van der Waals surface area contributed by atoms with Gasteiger partial charge in [0.2, 0.25) is 0 Å². The summed E-state index contributed by atoms with van der Waals surface area (Å²) >= 11 is 0. The van der Waals surface area contributed by atoms with E-state index in [1.54, 1.807) is 0 Å². The van der Waals surface area contributed by atoms with Crippen molar-refractivity contribution in [1.29, 1.82) is 0 Å². The summed E-state index contributed by atoms with van der Waals surface area (Å²) in [5.74, 6) is 0. The van der Waals surface area contributed by atoms with Crippen LogP contribution < -0.4 is 0 Å². The van der Waals surface area contributed by atoms with Gasteiger partial charge in [0, 0.05) is 13.7 Å². The molecule has 3 N–H and O–H groups in total. The van der Waals surface area contributed by atoms with Crippen molar-refractivity contribution in [1.82, 2.24) is 0 Å². The SMILES string of the molecule is CCCCCCCCCCCCO[C@H]1[C@@H](OC)O[C@H]([C@H](O)CO)[C@@H]1O. The normalized spacial score (nSPS) is 27.7. The molecule has 1 fully saturated rings. The molecular weight excluding hydrogens is 324 g/mol. The van der Waals surface area contributed by atoms with Gasteiger partial charge in [0.15, 0.2) is 6.29 Å². The van der Waals surface area contributed by atoms with Gasteiger partial charge in [-0.05, 0) is 6.42 Å². The zero-order chi connectivity index (χ0) is 18.5. The van der Waals surface area contributed by atoms with Crippen LogP contribution in [0.5, 0.6) is 0 Å². The fraction of sp³-hybridized carbons (Fsp3) is 1.00. The first-order valence-electron chi connectivity index (χ1n) is 9.92. The molecule has 150 valence electrons. The fourth-order valence-corrected chi connectivity index (χ4v) is 3.26. The Morgan fingerprint density at radius 3 is 2.04 bits per heavy atom. The van der Waals surface area contributed by atoms with Crippen LogP contribution in [0.1, 0.15) is 71.1 Å². The second kappa shape index (κ2) is 13.9. The average molecular weight is 363 g/mol. The summed E-state index contributed by atoms with van der Waals surface area (Å²) in [5.41, 5.74) is 0. The molecule has 1 saturated heterocycles. The Labute approximate surface area is 152 Å². The summed E-state index contributed by atoms with van der Waals surface area (Å²) < 4.78 is 16.3. The largest absolute Gasteiger partial charge is 0.394 e. The van der Waals surface area contributed by atoms with Crippen LogP contribution in [-0.2, 0) is 14.2 Å². The molecule has 0 bridgehead atoms. The highest BCUT2D eigenvalue weighted by atomic mass is 16.7. The number of unbranched alkanes of at least 4 members (excludes halogenated alkanes) is 9. The maximum Gasteiger partial charge on any atom is 0.186 e. The van der Waals surface area contributed by atoms with Gasteiger partial charge in [-0.15, -0.1) is 0 Å². The standard InChI is InChI=1S/C19H38O6/c1-3-4-5-6-7-8-9-10-11-12-13-24-18-16(22)17(15(21)14-20)25-19(18)23-2/h15-22H,3-14H2,1-2H3/t15-,16+,17-,18-,19+/m1/s1. The van der Waals surface area contributed by atoms with Gasteiger partial charge in [-0.3, -0.25) is 0 Å². The van der Waals surface area contributed by atoms with E-state index in [0.717, 1.165) is 12.8 Å². The van der Waals surface area contributed by atoms with Crippen molar-refractivity contribution in [2.24, 2.45) is 0 Å². The topological polar surface area (TPSA) is 88.4 Å². The van der Waals surface area contributed by atoms with Crippen molar-refractivity contribution in [2.75, 3.05) is 20.3 Å². The summed E-state index contributed by atoms with van der Waals surface area (Å²) in [6.07, 6.45) is 8.17. The zero-order valence-corrected chi connectivity index (χ0v) is 15.9. The molecule has 0 aromatic rings. The molecular formula is C19H38O6. The minimum Gasteiger partial charge on any atom is -0.394 e. The second-order valence-corrected chi connectivity index (χ2v) is 6.96. The predicted molar refractivity (Wildman–Crippen MR) is 96.4 cm³/mol. The first-order valence-corrected chi connectivity index (χ1v) is 9.92. The maximum absolute atomic E-state index is 10.2. The maximum atomic E-state index is 10.2. The van der Waals surface area contributed by atoms with Crippen LogP contribution in [0.25, 0.3) is 0 Å². The van der Waals surface area contributed by atoms with Gasteiger partial charge in [0.05, 0.1) is 6.61 Å². The molecule has 0 unspecified atom stereocenters. The molecule has 1 heterocycles. The molecule has 0 aromatic carbocycles. The third kappa shape index (κ3) is 8.33. The van der Waals surface area contributed by atoms with E-state index in [4.69, 9.17) is 19.3 Å². The molecule has 5 atom stereocenters. The fourth-order valence-electron chi connectivity index (χ4n) is 3.26. The van der Waals surface area contributed by atoms with Crippen LogP contribution in [0.4, 0.5) is 0 Å². The summed E-state index contributed by atoms with van der Waals surface area (Å²) in [4.78, 5) is 0. The minimum absolute atomic E-state index is 0.469. The van der Waals surface area contributed by atoms with Crippen LogP contribution in [0, 0.1) is 0 Å².